The van der Waals surface area contributed by atoms with Gasteiger partial charge < -0.3 is 5.32 Å². The second-order valence-electron chi connectivity index (χ2n) is 3.26. The first-order valence-electron chi connectivity index (χ1n) is 4.74. The molecule has 0 aromatic heterocycles. The molecule has 84 valence electrons. The summed E-state index contributed by atoms with van der Waals surface area (Å²) in [5, 5.41) is 2.35. The van der Waals surface area contributed by atoms with Gasteiger partial charge in [0.1, 0.15) is 17.2 Å². The highest BCUT2D eigenvalue weighted by atomic mass is 19.1. The molecule has 0 radical (unpaired) electrons. The number of halogens is 2. The van der Waals surface area contributed by atoms with Crippen LogP contribution in [0.2, 0.25) is 0 Å². The Morgan fingerprint density at radius 3 is 2.81 bits per heavy atom. The molecule has 0 saturated heterocycles. The third-order valence-corrected chi connectivity index (χ3v) is 2.07. The van der Waals surface area contributed by atoms with Gasteiger partial charge in [-0.15, -0.1) is 12.3 Å². The predicted molar refractivity (Wildman–Crippen MR) is 56.9 cm³/mol. The van der Waals surface area contributed by atoms with E-state index in [0.717, 1.165) is 6.07 Å². The molecule has 0 aliphatic carbocycles. The van der Waals surface area contributed by atoms with Crippen molar-refractivity contribution in [2.24, 2.45) is 0 Å². The lowest BCUT2D eigenvalue weighted by Gasteiger charge is -2.07. The molecule has 0 atom stereocenters. The van der Waals surface area contributed by atoms with Crippen LogP contribution in [0.4, 0.5) is 8.78 Å². The lowest BCUT2D eigenvalue weighted by Crippen LogP contribution is -2.26. The van der Waals surface area contributed by atoms with Gasteiger partial charge in [0, 0.05) is 13.0 Å². The smallest absolute Gasteiger partial charge is 0.257 e. The Morgan fingerprint density at radius 1 is 1.50 bits per heavy atom. The number of carbonyl (C=O) groups is 1. The SMILES string of the molecule is C#CCCNC(=O)c1c(F)ccc(C)c1F. The summed E-state index contributed by atoms with van der Waals surface area (Å²) in [6, 6.07) is 2.34. The van der Waals surface area contributed by atoms with E-state index in [1.54, 1.807) is 0 Å². The van der Waals surface area contributed by atoms with Crippen molar-refractivity contribution in [2.75, 3.05) is 6.54 Å². The number of rotatable bonds is 3. The second kappa shape index (κ2) is 5.26. The van der Waals surface area contributed by atoms with Gasteiger partial charge in [-0.3, -0.25) is 4.79 Å². The fourth-order valence-electron chi connectivity index (χ4n) is 1.20. The molecule has 0 bridgehead atoms. The number of benzene rings is 1. The molecule has 0 spiro atoms. The number of nitrogens with one attached hydrogen (secondary N) is 1. The molecule has 2 nitrogen and oxygen atoms in total. The molecule has 0 unspecified atom stereocenters. The van der Waals surface area contributed by atoms with Crippen LogP contribution in [-0.4, -0.2) is 12.5 Å². The number of hydrogen-bond donors (Lipinski definition) is 1. The quantitative estimate of drug-likeness (QED) is 0.616. The molecule has 1 amide bonds. The van der Waals surface area contributed by atoms with Crippen LogP contribution in [0.15, 0.2) is 12.1 Å². The van der Waals surface area contributed by atoms with Crippen molar-refractivity contribution < 1.29 is 13.6 Å². The van der Waals surface area contributed by atoms with Gasteiger partial charge in [0.25, 0.3) is 5.91 Å². The Balaban J connectivity index is 2.91. The van der Waals surface area contributed by atoms with Gasteiger partial charge in [0.05, 0.1) is 0 Å². The summed E-state index contributed by atoms with van der Waals surface area (Å²) in [4.78, 5) is 11.5. The van der Waals surface area contributed by atoms with Gasteiger partial charge in [-0.25, -0.2) is 8.78 Å². The largest absolute Gasteiger partial charge is 0.351 e. The minimum Gasteiger partial charge on any atom is -0.351 e. The maximum Gasteiger partial charge on any atom is 0.257 e. The molecule has 0 aliphatic heterocycles. The Bertz CT molecular complexity index is 449. The summed E-state index contributed by atoms with van der Waals surface area (Å²) >= 11 is 0. The van der Waals surface area contributed by atoms with Gasteiger partial charge >= 0.3 is 0 Å². The molecule has 1 N–H and O–H groups in total. The van der Waals surface area contributed by atoms with E-state index in [4.69, 9.17) is 6.42 Å². The fourth-order valence-corrected chi connectivity index (χ4v) is 1.20. The highest BCUT2D eigenvalue weighted by Gasteiger charge is 2.18. The van der Waals surface area contributed by atoms with Crippen molar-refractivity contribution in [3.05, 3.63) is 34.9 Å². The highest BCUT2D eigenvalue weighted by Crippen LogP contribution is 2.15. The Morgan fingerprint density at radius 2 is 2.19 bits per heavy atom. The monoisotopic (exact) mass is 223 g/mol. The van der Waals surface area contributed by atoms with Crippen LogP contribution in [0.5, 0.6) is 0 Å². The molecular formula is C12H11F2NO. The second-order valence-corrected chi connectivity index (χ2v) is 3.26. The molecule has 16 heavy (non-hydrogen) atoms. The number of terminal acetylenes is 1. The molecule has 0 heterocycles. The van der Waals surface area contributed by atoms with Crippen molar-refractivity contribution in [1.29, 1.82) is 0 Å². The first-order chi connectivity index (χ1) is 7.57. The van der Waals surface area contributed by atoms with Crippen LogP contribution in [0.3, 0.4) is 0 Å². The molecule has 0 saturated carbocycles. The lowest BCUT2D eigenvalue weighted by molar-refractivity contribution is 0.0946. The predicted octanol–water partition coefficient (Wildman–Crippen LogP) is 2.03. The van der Waals surface area contributed by atoms with E-state index < -0.39 is 23.1 Å². The van der Waals surface area contributed by atoms with Gasteiger partial charge in [0.2, 0.25) is 0 Å². The Kier molecular flexibility index (Phi) is 4.01. The fraction of sp³-hybridized carbons (Fsp3) is 0.250. The molecule has 1 rings (SSSR count). The highest BCUT2D eigenvalue weighted by molar-refractivity contribution is 5.94. The Hall–Kier alpha value is -1.89. The van der Waals surface area contributed by atoms with Gasteiger partial charge in [-0.1, -0.05) is 6.07 Å². The summed E-state index contributed by atoms with van der Waals surface area (Å²) in [6.07, 6.45) is 5.31. The molecule has 1 aromatic carbocycles. The minimum absolute atomic E-state index is 0.197. The van der Waals surface area contributed by atoms with E-state index in [1.165, 1.54) is 13.0 Å². The van der Waals surface area contributed by atoms with Gasteiger partial charge in [-0.2, -0.15) is 0 Å². The lowest BCUT2D eigenvalue weighted by atomic mass is 10.1. The molecule has 0 aliphatic rings. The average molecular weight is 223 g/mol. The van der Waals surface area contributed by atoms with Crippen molar-refractivity contribution in [3.63, 3.8) is 0 Å². The van der Waals surface area contributed by atoms with E-state index in [-0.39, 0.29) is 12.1 Å². The van der Waals surface area contributed by atoms with Crippen molar-refractivity contribution in [1.82, 2.24) is 5.32 Å². The average Bonchev–Trinajstić information content (AvgIpc) is 2.24. The van der Waals surface area contributed by atoms with Crippen LogP contribution < -0.4 is 5.32 Å². The normalized spacial score (nSPS) is 9.62. The molecule has 4 heteroatoms. The zero-order chi connectivity index (χ0) is 12.1. The number of carbonyl (C=O) groups excluding carboxylic acids is 1. The van der Waals surface area contributed by atoms with Crippen LogP contribution >= 0.6 is 0 Å². The van der Waals surface area contributed by atoms with Gasteiger partial charge in [-0.05, 0) is 18.6 Å². The summed E-state index contributed by atoms with van der Waals surface area (Å²) in [5.74, 6) is -0.179. The maximum atomic E-state index is 13.5. The van der Waals surface area contributed by atoms with Gasteiger partial charge in [0.15, 0.2) is 0 Å². The molecular weight excluding hydrogens is 212 g/mol. The van der Waals surface area contributed by atoms with Crippen molar-refractivity contribution in [3.8, 4) is 12.3 Å². The zero-order valence-corrected chi connectivity index (χ0v) is 8.81. The van der Waals surface area contributed by atoms with E-state index in [0.29, 0.717) is 6.42 Å². The van der Waals surface area contributed by atoms with E-state index in [2.05, 4.69) is 11.2 Å². The maximum absolute atomic E-state index is 13.5. The van der Waals surface area contributed by atoms with Crippen LogP contribution in [0.1, 0.15) is 22.3 Å². The topological polar surface area (TPSA) is 29.1 Å². The third kappa shape index (κ3) is 2.57. The summed E-state index contributed by atoms with van der Waals surface area (Å²) in [7, 11) is 0. The summed E-state index contributed by atoms with van der Waals surface area (Å²) in [5.41, 5.74) is -0.333. The number of aryl methyl sites for hydroxylation is 1. The Labute approximate surface area is 92.7 Å². The summed E-state index contributed by atoms with van der Waals surface area (Å²) < 4.78 is 26.7. The van der Waals surface area contributed by atoms with E-state index in [1.807, 2.05) is 0 Å². The molecule has 1 aromatic rings. The van der Waals surface area contributed by atoms with Crippen molar-refractivity contribution >= 4 is 5.91 Å². The van der Waals surface area contributed by atoms with Crippen molar-refractivity contribution in [2.45, 2.75) is 13.3 Å². The van der Waals surface area contributed by atoms with E-state index in [9.17, 15) is 13.6 Å². The number of amides is 1. The summed E-state index contributed by atoms with van der Waals surface area (Å²) in [6.45, 7) is 1.66. The first-order valence-corrected chi connectivity index (χ1v) is 4.74. The van der Waals surface area contributed by atoms with Crippen LogP contribution in [0.25, 0.3) is 0 Å². The standard InChI is InChI=1S/C12H11F2NO/c1-3-4-7-15-12(16)10-9(13)6-5-8(2)11(10)14/h1,5-6H,4,7H2,2H3,(H,15,16). The minimum atomic E-state index is -0.874. The number of hydrogen-bond acceptors (Lipinski definition) is 1. The van der Waals surface area contributed by atoms with Crippen LogP contribution in [0, 0.1) is 30.9 Å². The first kappa shape index (κ1) is 12.2. The van der Waals surface area contributed by atoms with Crippen LogP contribution in [-0.2, 0) is 0 Å². The third-order valence-electron chi connectivity index (χ3n) is 2.07. The van der Waals surface area contributed by atoms with E-state index >= 15 is 0 Å². The molecule has 0 fully saturated rings. The zero-order valence-electron chi connectivity index (χ0n) is 8.81.